The summed E-state index contributed by atoms with van der Waals surface area (Å²) in [6.07, 6.45) is 4.45. The maximum atomic E-state index is 11.8. The Hall–Kier alpha value is -1.52. The Morgan fingerprint density at radius 2 is 2.18 bits per heavy atom. The summed E-state index contributed by atoms with van der Waals surface area (Å²) in [5, 5.41) is 9.01. The second-order valence-electron chi connectivity index (χ2n) is 4.77. The Bertz CT molecular complexity index is 348. The highest BCUT2D eigenvalue weighted by Crippen LogP contribution is 2.49. The van der Waals surface area contributed by atoms with Crippen LogP contribution >= 0.6 is 0 Å². The van der Waals surface area contributed by atoms with Gasteiger partial charge in [0.1, 0.15) is 6.61 Å². The molecule has 1 aliphatic carbocycles. The third kappa shape index (κ3) is 2.28. The van der Waals surface area contributed by atoms with E-state index in [0.717, 1.165) is 19.3 Å². The summed E-state index contributed by atoms with van der Waals surface area (Å²) in [6, 6.07) is 0. The van der Waals surface area contributed by atoms with Crippen LogP contribution in [0.3, 0.4) is 0 Å². The number of ether oxygens (including phenoxy) is 1. The Morgan fingerprint density at radius 1 is 1.47 bits per heavy atom. The van der Waals surface area contributed by atoms with Gasteiger partial charge in [-0.25, -0.2) is 4.79 Å². The fourth-order valence-corrected chi connectivity index (χ4v) is 2.43. The average molecular weight is 239 g/mol. The van der Waals surface area contributed by atoms with Gasteiger partial charge in [-0.15, -0.1) is 0 Å². The highest BCUT2D eigenvalue weighted by molar-refractivity contribution is 5.74. The van der Waals surface area contributed by atoms with Crippen molar-refractivity contribution in [2.45, 2.75) is 31.2 Å². The van der Waals surface area contributed by atoms with E-state index < -0.39 is 18.0 Å². The van der Waals surface area contributed by atoms with Crippen molar-refractivity contribution in [2.24, 2.45) is 5.92 Å². The Labute approximate surface area is 100 Å². The third-order valence-electron chi connectivity index (χ3n) is 3.66. The molecule has 1 saturated carbocycles. The van der Waals surface area contributed by atoms with E-state index >= 15 is 0 Å². The van der Waals surface area contributed by atoms with Crippen molar-refractivity contribution < 1.29 is 19.4 Å². The zero-order valence-electron chi connectivity index (χ0n) is 9.72. The highest BCUT2D eigenvalue weighted by Gasteiger charge is 2.54. The van der Waals surface area contributed by atoms with Gasteiger partial charge in [-0.1, -0.05) is 12.7 Å². The van der Waals surface area contributed by atoms with Gasteiger partial charge in [0.25, 0.3) is 0 Å². The van der Waals surface area contributed by atoms with Crippen LogP contribution in [0.5, 0.6) is 0 Å². The van der Waals surface area contributed by atoms with Crippen LogP contribution < -0.4 is 0 Å². The molecule has 94 valence electrons. The summed E-state index contributed by atoms with van der Waals surface area (Å²) in [6.45, 7) is 3.92. The number of likely N-dealkylation sites (tertiary alicyclic amines) is 1. The molecule has 0 aromatic carbocycles. The van der Waals surface area contributed by atoms with Gasteiger partial charge in [-0.05, 0) is 25.7 Å². The first-order valence-corrected chi connectivity index (χ1v) is 5.87. The number of hydrogen-bond donors (Lipinski definition) is 1. The highest BCUT2D eigenvalue weighted by atomic mass is 16.6. The number of carboxylic acid groups (broad SMARTS) is 1. The molecular weight excluding hydrogens is 222 g/mol. The maximum absolute atomic E-state index is 11.8. The second-order valence-corrected chi connectivity index (χ2v) is 4.77. The first-order valence-electron chi connectivity index (χ1n) is 5.87. The molecule has 1 heterocycles. The van der Waals surface area contributed by atoms with Crippen molar-refractivity contribution in [2.75, 3.05) is 13.2 Å². The SMILES string of the molecule is C=CCOC(=O)N1CC(C(=O)O)CCC12CC2. The molecule has 1 saturated heterocycles. The molecule has 2 aliphatic rings. The molecule has 2 fully saturated rings. The smallest absolute Gasteiger partial charge is 0.410 e. The number of aliphatic carboxylic acids is 1. The van der Waals surface area contributed by atoms with Crippen LogP contribution in [-0.2, 0) is 9.53 Å². The van der Waals surface area contributed by atoms with Crippen molar-refractivity contribution in [1.82, 2.24) is 4.90 Å². The van der Waals surface area contributed by atoms with Gasteiger partial charge in [0, 0.05) is 12.1 Å². The number of nitrogens with zero attached hydrogens (tertiary/aromatic N) is 1. The van der Waals surface area contributed by atoms with Gasteiger partial charge in [-0.2, -0.15) is 0 Å². The molecule has 0 aromatic rings. The zero-order valence-corrected chi connectivity index (χ0v) is 9.72. The monoisotopic (exact) mass is 239 g/mol. The standard InChI is InChI=1S/C12H17NO4/c1-2-7-17-11(16)13-8-9(10(14)15)3-4-12(13)5-6-12/h2,9H,1,3-8H2,(H,14,15). The minimum Gasteiger partial charge on any atom is -0.481 e. The van der Waals surface area contributed by atoms with E-state index in [9.17, 15) is 9.59 Å². The van der Waals surface area contributed by atoms with E-state index in [1.165, 1.54) is 6.08 Å². The Morgan fingerprint density at radius 3 is 2.71 bits per heavy atom. The molecule has 5 nitrogen and oxygen atoms in total. The lowest BCUT2D eigenvalue weighted by atomic mass is 9.91. The second kappa shape index (κ2) is 4.39. The van der Waals surface area contributed by atoms with Gasteiger partial charge in [0.15, 0.2) is 0 Å². The van der Waals surface area contributed by atoms with Crippen molar-refractivity contribution in [3.8, 4) is 0 Å². The summed E-state index contributed by atoms with van der Waals surface area (Å²) in [4.78, 5) is 24.4. The number of amides is 1. The number of carboxylic acids is 1. The molecule has 0 bridgehead atoms. The van der Waals surface area contributed by atoms with Gasteiger partial charge in [0.2, 0.25) is 0 Å². The number of carbonyl (C=O) groups excluding carboxylic acids is 1. The summed E-state index contributed by atoms with van der Waals surface area (Å²) < 4.78 is 5.01. The molecule has 0 aromatic heterocycles. The van der Waals surface area contributed by atoms with E-state index in [4.69, 9.17) is 9.84 Å². The van der Waals surface area contributed by atoms with Crippen molar-refractivity contribution in [3.05, 3.63) is 12.7 Å². The van der Waals surface area contributed by atoms with Crippen molar-refractivity contribution >= 4 is 12.1 Å². The predicted molar refractivity (Wildman–Crippen MR) is 60.6 cm³/mol. The van der Waals surface area contributed by atoms with Crippen LogP contribution in [0.15, 0.2) is 12.7 Å². The topological polar surface area (TPSA) is 66.8 Å². The Balaban J connectivity index is 2.03. The molecule has 17 heavy (non-hydrogen) atoms. The summed E-state index contributed by atoms with van der Waals surface area (Å²) in [5.74, 6) is -1.29. The van der Waals surface area contributed by atoms with Gasteiger partial charge >= 0.3 is 12.1 Å². The fraction of sp³-hybridized carbons (Fsp3) is 0.667. The van der Waals surface area contributed by atoms with E-state index in [0.29, 0.717) is 6.42 Å². The van der Waals surface area contributed by atoms with Gasteiger partial charge in [0.05, 0.1) is 5.92 Å². The van der Waals surface area contributed by atoms with Gasteiger partial charge < -0.3 is 14.7 Å². The van der Waals surface area contributed by atoms with E-state index in [2.05, 4.69) is 6.58 Å². The molecule has 2 rings (SSSR count). The normalized spacial score (nSPS) is 25.4. The van der Waals surface area contributed by atoms with E-state index in [1.54, 1.807) is 4.90 Å². The lowest BCUT2D eigenvalue weighted by Gasteiger charge is -2.38. The summed E-state index contributed by atoms with van der Waals surface area (Å²) >= 11 is 0. The van der Waals surface area contributed by atoms with Crippen LogP contribution in [0.25, 0.3) is 0 Å². The third-order valence-corrected chi connectivity index (χ3v) is 3.66. The minimum absolute atomic E-state index is 0.107. The lowest BCUT2D eigenvalue weighted by Crippen LogP contribution is -2.50. The first kappa shape index (κ1) is 12.0. The van der Waals surface area contributed by atoms with E-state index in [-0.39, 0.29) is 18.7 Å². The van der Waals surface area contributed by atoms with Crippen LogP contribution in [0.2, 0.25) is 0 Å². The molecule has 1 aliphatic heterocycles. The Kier molecular flexibility index (Phi) is 3.09. The quantitative estimate of drug-likeness (QED) is 0.760. The molecule has 1 atom stereocenters. The minimum atomic E-state index is -0.831. The van der Waals surface area contributed by atoms with Crippen molar-refractivity contribution in [3.63, 3.8) is 0 Å². The average Bonchev–Trinajstić information content (AvgIpc) is 3.06. The van der Waals surface area contributed by atoms with Crippen LogP contribution in [0.1, 0.15) is 25.7 Å². The lowest BCUT2D eigenvalue weighted by molar-refractivity contribution is -0.144. The van der Waals surface area contributed by atoms with Crippen LogP contribution in [0, 0.1) is 5.92 Å². The molecule has 1 unspecified atom stereocenters. The van der Waals surface area contributed by atoms with Gasteiger partial charge in [-0.3, -0.25) is 4.79 Å². The zero-order chi connectivity index (χ0) is 12.5. The van der Waals surface area contributed by atoms with E-state index in [1.807, 2.05) is 0 Å². The van der Waals surface area contributed by atoms with Crippen molar-refractivity contribution in [1.29, 1.82) is 0 Å². The molecule has 5 heteroatoms. The number of piperidine rings is 1. The molecule has 1 amide bonds. The number of carbonyl (C=O) groups is 2. The largest absolute Gasteiger partial charge is 0.481 e. The number of rotatable bonds is 3. The van der Waals surface area contributed by atoms with Crippen LogP contribution in [-0.4, -0.2) is 40.8 Å². The van der Waals surface area contributed by atoms with Crippen LogP contribution in [0.4, 0.5) is 4.79 Å². The summed E-state index contributed by atoms with van der Waals surface area (Å²) in [5.41, 5.74) is -0.107. The summed E-state index contributed by atoms with van der Waals surface area (Å²) in [7, 11) is 0. The molecule has 0 radical (unpaired) electrons. The fourth-order valence-electron chi connectivity index (χ4n) is 2.43. The predicted octanol–water partition coefficient (Wildman–Crippen LogP) is 1.64. The maximum Gasteiger partial charge on any atom is 0.410 e. The molecule has 1 spiro atoms. The first-order chi connectivity index (χ1) is 8.09. The number of hydrogen-bond acceptors (Lipinski definition) is 3. The molecule has 1 N–H and O–H groups in total. The molecular formula is C12H17NO4.